The lowest BCUT2D eigenvalue weighted by Crippen LogP contribution is -2.46. The smallest absolute Gasteiger partial charge is 0.227 e. The van der Waals surface area contributed by atoms with Crippen LogP contribution in [0.25, 0.3) is 0 Å². The van der Waals surface area contributed by atoms with Crippen molar-refractivity contribution < 1.29 is 4.79 Å². The second-order valence-electron chi connectivity index (χ2n) is 6.52. The second-order valence-corrected chi connectivity index (χ2v) is 6.52. The third-order valence-corrected chi connectivity index (χ3v) is 4.43. The van der Waals surface area contributed by atoms with Gasteiger partial charge in [-0.2, -0.15) is 0 Å². The van der Waals surface area contributed by atoms with Crippen LogP contribution in [0, 0.1) is 5.41 Å². The molecule has 1 amide bonds. The summed E-state index contributed by atoms with van der Waals surface area (Å²) in [5, 5.41) is 3.11. The Balaban J connectivity index is 4.14. The van der Waals surface area contributed by atoms with Gasteiger partial charge in [-0.25, -0.2) is 0 Å². The standard InChI is InChI=1S/C17H37N3O/c1-6-10-17(14-18,11-7-2)16(21)19-12-8-9-13-20(5)15(3)4/h15H,6-14,18H2,1-5H3,(H,19,21). The van der Waals surface area contributed by atoms with Crippen LogP contribution in [0.2, 0.25) is 0 Å². The molecule has 0 rings (SSSR count). The maximum absolute atomic E-state index is 12.5. The minimum atomic E-state index is -0.349. The van der Waals surface area contributed by atoms with E-state index >= 15 is 0 Å². The van der Waals surface area contributed by atoms with Gasteiger partial charge in [-0.1, -0.05) is 26.7 Å². The van der Waals surface area contributed by atoms with Crippen molar-refractivity contribution in [3.05, 3.63) is 0 Å². The summed E-state index contributed by atoms with van der Waals surface area (Å²) in [6.45, 7) is 10.9. The SMILES string of the molecule is CCCC(CN)(CCC)C(=O)NCCCCN(C)C(C)C. The fraction of sp³-hybridized carbons (Fsp3) is 0.941. The number of nitrogens with zero attached hydrogens (tertiary/aromatic N) is 1. The van der Waals surface area contributed by atoms with Gasteiger partial charge < -0.3 is 16.0 Å². The molecule has 3 N–H and O–H groups in total. The zero-order valence-corrected chi connectivity index (χ0v) is 14.9. The molecule has 4 nitrogen and oxygen atoms in total. The van der Waals surface area contributed by atoms with Crippen LogP contribution in [-0.4, -0.2) is 43.5 Å². The van der Waals surface area contributed by atoms with Gasteiger partial charge in [0.25, 0.3) is 0 Å². The molecule has 126 valence electrons. The largest absolute Gasteiger partial charge is 0.356 e. The third kappa shape index (κ3) is 7.28. The van der Waals surface area contributed by atoms with E-state index in [0.29, 0.717) is 12.6 Å². The molecule has 0 heterocycles. The molecule has 0 saturated heterocycles. The molecule has 0 bridgehead atoms. The van der Waals surface area contributed by atoms with E-state index in [1.807, 2.05) is 0 Å². The summed E-state index contributed by atoms with van der Waals surface area (Å²) in [7, 11) is 2.14. The van der Waals surface area contributed by atoms with Gasteiger partial charge in [0.1, 0.15) is 0 Å². The van der Waals surface area contributed by atoms with E-state index < -0.39 is 0 Å². The molecule has 0 spiro atoms. The first-order valence-electron chi connectivity index (χ1n) is 8.62. The van der Waals surface area contributed by atoms with Crippen LogP contribution in [0.5, 0.6) is 0 Å². The van der Waals surface area contributed by atoms with Gasteiger partial charge in [0, 0.05) is 19.1 Å². The maximum Gasteiger partial charge on any atom is 0.227 e. The highest BCUT2D eigenvalue weighted by molar-refractivity contribution is 5.82. The van der Waals surface area contributed by atoms with E-state index in [9.17, 15) is 4.79 Å². The van der Waals surface area contributed by atoms with Crippen molar-refractivity contribution >= 4 is 5.91 Å². The van der Waals surface area contributed by atoms with E-state index in [0.717, 1.165) is 51.6 Å². The Labute approximate surface area is 131 Å². The monoisotopic (exact) mass is 299 g/mol. The molecule has 0 saturated carbocycles. The molecule has 0 aromatic rings. The van der Waals surface area contributed by atoms with E-state index in [-0.39, 0.29) is 11.3 Å². The van der Waals surface area contributed by atoms with E-state index in [2.05, 4.69) is 45.0 Å². The Bertz CT molecular complexity index is 273. The van der Waals surface area contributed by atoms with Crippen LogP contribution in [0.4, 0.5) is 0 Å². The lowest BCUT2D eigenvalue weighted by atomic mass is 9.78. The Morgan fingerprint density at radius 1 is 1.19 bits per heavy atom. The van der Waals surface area contributed by atoms with Crippen molar-refractivity contribution in [2.75, 3.05) is 26.7 Å². The molecule has 0 aliphatic heterocycles. The summed E-state index contributed by atoms with van der Waals surface area (Å²) in [5.74, 6) is 0.158. The van der Waals surface area contributed by atoms with Crippen molar-refractivity contribution in [3.8, 4) is 0 Å². The van der Waals surface area contributed by atoms with Gasteiger partial charge in [-0.05, 0) is 53.1 Å². The zero-order valence-electron chi connectivity index (χ0n) is 14.9. The van der Waals surface area contributed by atoms with Crippen LogP contribution < -0.4 is 11.1 Å². The first-order chi connectivity index (χ1) is 9.93. The first-order valence-corrected chi connectivity index (χ1v) is 8.62. The van der Waals surface area contributed by atoms with Crippen LogP contribution in [0.15, 0.2) is 0 Å². The van der Waals surface area contributed by atoms with Gasteiger partial charge >= 0.3 is 0 Å². The number of unbranched alkanes of at least 4 members (excludes halogenated alkanes) is 1. The Morgan fingerprint density at radius 3 is 2.19 bits per heavy atom. The number of hydrogen-bond donors (Lipinski definition) is 2. The number of amides is 1. The van der Waals surface area contributed by atoms with Crippen LogP contribution in [0.3, 0.4) is 0 Å². The molecule has 0 radical (unpaired) electrons. The normalized spacial score (nSPS) is 12.2. The van der Waals surface area contributed by atoms with Crippen molar-refractivity contribution in [2.45, 2.75) is 72.3 Å². The summed E-state index contributed by atoms with van der Waals surface area (Å²) in [6, 6.07) is 0.582. The third-order valence-electron chi connectivity index (χ3n) is 4.43. The zero-order chi connectivity index (χ0) is 16.3. The lowest BCUT2D eigenvalue weighted by molar-refractivity contribution is -0.131. The minimum Gasteiger partial charge on any atom is -0.356 e. The van der Waals surface area contributed by atoms with Gasteiger partial charge in [0.2, 0.25) is 5.91 Å². The molecule has 0 atom stereocenters. The summed E-state index contributed by atoms with van der Waals surface area (Å²) in [6.07, 6.45) is 5.93. The first kappa shape index (κ1) is 20.4. The second kappa shape index (κ2) is 11.0. The highest BCUT2D eigenvalue weighted by atomic mass is 16.2. The fourth-order valence-electron chi connectivity index (χ4n) is 2.74. The number of nitrogens with two attached hydrogens (primary N) is 1. The number of rotatable bonds is 12. The highest BCUT2D eigenvalue weighted by Gasteiger charge is 2.34. The molecular formula is C17H37N3O. The Kier molecular flexibility index (Phi) is 10.7. The summed E-state index contributed by atoms with van der Waals surface area (Å²) in [5.41, 5.74) is 5.57. The highest BCUT2D eigenvalue weighted by Crippen LogP contribution is 2.29. The Morgan fingerprint density at radius 2 is 1.76 bits per heavy atom. The van der Waals surface area contributed by atoms with Crippen LogP contribution >= 0.6 is 0 Å². The number of hydrogen-bond acceptors (Lipinski definition) is 3. The fourth-order valence-corrected chi connectivity index (χ4v) is 2.74. The average molecular weight is 300 g/mol. The van der Waals surface area contributed by atoms with E-state index in [1.54, 1.807) is 0 Å². The predicted octanol–water partition coefficient (Wildman–Crippen LogP) is 2.77. The van der Waals surface area contributed by atoms with Gasteiger partial charge in [-0.15, -0.1) is 0 Å². The molecular weight excluding hydrogens is 262 g/mol. The molecule has 0 fully saturated rings. The summed E-state index contributed by atoms with van der Waals surface area (Å²) in [4.78, 5) is 14.8. The topological polar surface area (TPSA) is 58.4 Å². The van der Waals surface area contributed by atoms with Crippen molar-refractivity contribution in [3.63, 3.8) is 0 Å². The molecule has 0 aromatic carbocycles. The van der Waals surface area contributed by atoms with Crippen LogP contribution in [-0.2, 0) is 4.79 Å². The molecule has 0 aromatic heterocycles. The van der Waals surface area contributed by atoms with E-state index in [4.69, 9.17) is 5.73 Å². The van der Waals surface area contributed by atoms with Gasteiger partial charge in [0.15, 0.2) is 0 Å². The average Bonchev–Trinajstić information content (AvgIpc) is 2.45. The summed E-state index contributed by atoms with van der Waals surface area (Å²) >= 11 is 0. The quantitative estimate of drug-likeness (QED) is 0.545. The Hall–Kier alpha value is -0.610. The predicted molar refractivity (Wildman–Crippen MR) is 91.3 cm³/mol. The molecule has 4 heteroatoms. The summed E-state index contributed by atoms with van der Waals surface area (Å²) < 4.78 is 0. The van der Waals surface area contributed by atoms with Gasteiger partial charge in [0.05, 0.1) is 5.41 Å². The molecule has 0 aliphatic carbocycles. The molecule has 0 unspecified atom stereocenters. The van der Waals surface area contributed by atoms with E-state index in [1.165, 1.54) is 0 Å². The number of carbonyl (C=O) groups excluding carboxylic acids is 1. The number of nitrogens with one attached hydrogen (secondary N) is 1. The minimum absolute atomic E-state index is 0.158. The van der Waals surface area contributed by atoms with Crippen molar-refractivity contribution in [2.24, 2.45) is 11.1 Å². The number of carbonyl (C=O) groups is 1. The molecule has 0 aliphatic rings. The maximum atomic E-state index is 12.5. The van der Waals surface area contributed by atoms with Gasteiger partial charge in [-0.3, -0.25) is 4.79 Å². The lowest BCUT2D eigenvalue weighted by Gasteiger charge is -2.30. The van der Waals surface area contributed by atoms with Crippen molar-refractivity contribution in [1.29, 1.82) is 0 Å². The molecule has 21 heavy (non-hydrogen) atoms. The van der Waals surface area contributed by atoms with Crippen LogP contribution in [0.1, 0.15) is 66.2 Å². The van der Waals surface area contributed by atoms with Crippen molar-refractivity contribution in [1.82, 2.24) is 10.2 Å².